The number of hydrogen-bond acceptors (Lipinski definition) is 8. The molecule has 4 aromatic rings. The largest absolute Gasteiger partial charge is 0.493 e. The maximum absolute atomic E-state index is 13.9. The molecule has 33 heavy (non-hydrogen) atoms. The van der Waals surface area contributed by atoms with Crippen molar-refractivity contribution in [1.29, 1.82) is 0 Å². The number of hydrogen-bond donors (Lipinski definition) is 2. The fourth-order valence-corrected chi connectivity index (χ4v) is 3.80. The number of carbonyl (C=O) groups excluding carboxylic acids is 1. The zero-order valence-corrected chi connectivity index (χ0v) is 18.3. The number of nitrogens with one attached hydrogen (secondary N) is 1. The smallest absolute Gasteiger partial charge is 0.257 e. The Morgan fingerprint density at radius 1 is 1.15 bits per heavy atom. The first kappa shape index (κ1) is 22.3. The zero-order chi connectivity index (χ0) is 23.2. The van der Waals surface area contributed by atoms with Gasteiger partial charge in [-0.05, 0) is 29.8 Å². The summed E-state index contributed by atoms with van der Waals surface area (Å²) >= 11 is 1.04. The molecule has 2 aromatic heterocycles. The Balaban J connectivity index is 1.49. The molecule has 168 valence electrons. The van der Waals surface area contributed by atoms with Crippen LogP contribution in [0.5, 0.6) is 11.5 Å². The number of nitrogens with zero attached hydrogens (tertiary/aromatic N) is 3. The molecule has 0 bridgehead atoms. The van der Waals surface area contributed by atoms with Gasteiger partial charge in [0, 0.05) is 11.8 Å². The molecule has 10 heteroatoms. The first-order valence-corrected chi connectivity index (χ1v) is 10.7. The van der Waals surface area contributed by atoms with E-state index in [0.29, 0.717) is 22.1 Å². The second kappa shape index (κ2) is 10.2. The summed E-state index contributed by atoms with van der Waals surface area (Å²) in [5, 5.41) is 20.8. The monoisotopic (exact) mass is 466 g/mol. The van der Waals surface area contributed by atoms with Gasteiger partial charge < -0.3 is 14.6 Å². The number of ether oxygens (including phenoxy) is 2. The third kappa shape index (κ3) is 5.13. The van der Waals surface area contributed by atoms with Crippen LogP contribution in [0, 0.1) is 5.82 Å². The van der Waals surface area contributed by atoms with E-state index >= 15 is 0 Å². The minimum absolute atomic E-state index is 0.218. The SMILES string of the molecule is COc1cc(C(=O)Nc2nnc(-c3ccncc3F)s2)ccc1O[C@@H](CO)c1ccccc1. The number of aliphatic hydroxyl groups excluding tert-OH is 1. The number of anilines is 1. The topological polar surface area (TPSA) is 106 Å². The Morgan fingerprint density at radius 2 is 1.97 bits per heavy atom. The number of rotatable bonds is 8. The van der Waals surface area contributed by atoms with Crippen molar-refractivity contribution in [2.75, 3.05) is 19.0 Å². The van der Waals surface area contributed by atoms with Crippen LogP contribution in [0.2, 0.25) is 0 Å². The molecule has 0 radical (unpaired) electrons. The number of pyridine rings is 1. The third-order valence-corrected chi connectivity index (χ3v) is 5.55. The number of halogens is 1. The zero-order valence-electron chi connectivity index (χ0n) is 17.4. The van der Waals surface area contributed by atoms with Gasteiger partial charge in [-0.15, -0.1) is 10.2 Å². The number of methoxy groups -OCH3 is 1. The lowest BCUT2D eigenvalue weighted by molar-refractivity contribution is 0.102. The molecule has 0 aliphatic rings. The molecule has 0 aliphatic carbocycles. The van der Waals surface area contributed by atoms with Crippen molar-refractivity contribution in [3.63, 3.8) is 0 Å². The Labute approximate surface area is 192 Å². The van der Waals surface area contributed by atoms with Crippen LogP contribution in [-0.4, -0.2) is 39.9 Å². The lowest BCUT2D eigenvalue weighted by atomic mass is 10.1. The van der Waals surface area contributed by atoms with Gasteiger partial charge in [-0.25, -0.2) is 4.39 Å². The third-order valence-electron chi connectivity index (χ3n) is 4.68. The quantitative estimate of drug-likeness (QED) is 0.402. The van der Waals surface area contributed by atoms with Crippen LogP contribution in [0.1, 0.15) is 22.0 Å². The second-order valence-corrected chi connectivity index (χ2v) is 7.76. The average molecular weight is 466 g/mol. The van der Waals surface area contributed by atoms with E-state index < -0.39 is 17.8 Å². The highest BCUT2D eigenvalue weighted by molar-refractivity contribution is 7.18. The summed E-state index contributed by atoms with van der Waals surface area (Å²) in [6.45, 7) is -0.229. The Hall–Kier alpha value is -3.89. The van der Waals surface area contributed by atoms with Crippen molar-refractivity contribution in [2.45, 2.75) is 6.10 Å². The van der Waals surface area contributed by atoms with E-state index in [9.17, 15) is 14.3 Å². The highest BCUT2D eigenvalue weighted by atomic mass is 32.1. The predicted octanol–water partition coefficient (Wildman–Crippen LogP) is 4.11. The van der Waals surface area contributed by atoms with Gasteiger partial charge in [0.25, 0.3) is 5.91 Å². The van der Waals surface area contributed by atoms with E-state index in [1.54, 1.807) is 12.1 Å². The number of aromatic nitrogens is 3. The first-order valence-electron chi connectivity index (χ1n) is 9.84. The Morgan fingerprint density at radius 3 is 2.70 bits per heavy atom. The maximum atomic E-state index is 13.9. The first-order chi connectivity index (χ1) is 16.1. The van der Waals surface area contributed by atoms with Crippen molar-refractivity contribution in [1.82, 2.24) is 15.2 Å². The van der Waals surface area contributed by atoms with Gasteiger partial charge in [-0.1, -0.05) is 41.7 Å². The summed E-state index contributed by atoms with van der Waals surface area (Å²) in [5.41, 5.74) is 1.36. The summed E-state index contributed by atoms with van der Waals surface area (Å²) in [4.78, 5) is 16.4. The second-order valence-electron chi connectivity index (χ2n) is 6.79. The molecule has 8 nitrogen and oxygen atoms in total. The van der Waals surface area contributed by atoms with Crippen LogP contribution in [0.4, 0.5) is 9.52 Å². The van der Waals surface area contributed by atoms with Crippen LogP contribution in [0.25, 0.3) is 10.6 Å². The van der Waals surface area contributed by atoms with Crippen LogP contribution >= 0.6 is 11.3 Å². The fraction of sp³-hybridized carbons (Fsp3) is 0.130. The molecule has 1 atom stereocenters. The molecule has 0 spiro atoms. The van der Waals surface area contributed by atoms with E-state index in [4.69, 9.17) is 9.47 Å². The van der Waals surface area contributed by atoms with Crippen LogP contribution in [-0.2, 0) is 0 Å². The van der Waals surface area contributed by atoms with Crippen molar-refractivity contribution in [3.8, 4) is 22.1 Å². The summed E-state index contributed by atoms with van der Waals surface area (Å²) in [6.07, 6.45) is 1.95. The van der Waals surface area contributed by atoms with E-state index in [-0.39, 0.29) is 17.3 Å². The van der Waals surface area contributed by atoms with Gasteiger partial charge in [0.05, 0.1) is 25.5 Å². The molecule has 2 N–H and O–H groups in total. The minimum Gasteiger partial charge on any atom is -0.493 e. The number of benzene rings is 2. The lowest BCUT2D eigenvalue weighted by Gasteiger charge is -2.19. The molecule has 4 rings (SSSR count). The van der Waals surface area contributed by atoms with Crippen molar-refractivity contribution in [3.05, 3.63) is 83.9 Å². The molecule has 0 saturated carbocycles. The molecule has 2 heterocycles. The molecule has 0 unspecified atom stereocenters. The van der Waals surface area contributed by atoms with Crippen molar-refractivity contribution < 1.29 is 23.8 Å². The van der Waals surface area contributed by atoms with Crippen molar-refractivity contribution in [2.24, 2.45) is 0 Å². The number of carbonyl (C=O) groups is 1. The standard InChI is InChI=1S/C23H19FN4O4S/c1-31-19-11-15(7-8-18(19)32-20(13-29)14-5-3-2-4-6-14)21(30)26-23-28-27-22(33-23)16-9-10-25-12-17(16)24/h2-12,20,29H,13H2,1H3,(H,26,28,30)/t20-/m0/s1. The Bertz CT molecular complexity index is 1250. The van der Waals surface area contributed by atoms with Crippen LogP contribution in [0.3, 0.4) is 0 Å². The Kier molecular flexibility index (Phi) is 6.86. The van der Waals surface area contributed by atoms with E-state index in [1.165, 1.54) is 25.4 Å². The van der Waals surface area contributed by atoms with Gasteiger partial charge in [0.1, 0.15) is 6.10 Å². The minimum atomic E-state index is -0.590. The molecule has 1 amide bonds. The fourth-order valence-electron chi connectivity index (χ4n) is 3.04. The average Bonchev–Trinajstić information content (AvgIpc) is 3.31. The predicted molar refractivity (Wildman–Crippen MR) is 121 cm³/mol. The number of amides is 1. The van der Waals surface area contributed by atoms with Crippen LogP contribution < -0.4 is 14.8 Å². The van der Waals surface area contributed by atoms with Gasteiger partial charge in [0.15, 0.2) is 22.3 Å². The van der Waals surface area contributed by atoms with Crippen molar-refractivity contribution >= 4 is 22.4 Å². The summed E-state index contributed by atoms with van der Waals surface area (Å²) in [6, 6.07) is 15.5. The summed E-state index contributed by atoms with van der Waals surface area (Å²) < 4.78 is 25.2. The summed E-state index contributed by atoms with van der Waals surface area (Å²) in [5.74, 6) is -0.264. The van der Waals surface area contributed by atoms with Gasteiger partial charge in [-0.2, -0.15) is 0 Å². The van der Waals surface area contributed by atoms with Gasteiger partial charge >= 0.3 is 0 Å². The molecule has 0 saturated heterocycles. The summed E-state index contributed by atoms with van der Waals surface area (Å²) in [7, 11) is 1.46. The van der Waals surface area contributed by atoms with Crippen LogP contribution in [0.15, 0.2) is 67.0 Å². The van der Waals surface area contributed by atoms with E-state index in [2.05, 4.69) is 20.5 Å². The molecular formula is C23H19FN4O4S. The molecular weight excluding hydrogens is 447 g/mol. The normalized spacial score (nSPS) is 11.6. The molecule has 0 aliphatic heterocycles. The maximum Gasteiger partial charge on any atom is 0.257 e. The van der Waals surface area contributed by atoms with Gasteiger partial charge in [-0.3, -0.25) is 15.1 Å². The lowest BCUT2D eigenvalue weighted by Crippen LogP contribution is -2.14. The molecule has 0 fully saturated rings. The highest BCUT2D eigenvalue weighted by Gasteiger charge is 2.18. The van der Waals surface area contributed by atoms with E-state index in [0.717, 1.165) is 23.1 Å². The van der Waals surface area contributed by atoms with Gasteiger partial charge in [0.2, 0.25) is 5.13 Å². The number of aliphatic hydroxyl groups is 1. The van der Waals surface area contributed by atoms with E-state index in [1.807, 2.05) is 30.3 Å². The highest BCUT2D eigenvalue weighted by Crippen LogP contribution is 2.33. The molecule has 2 aromatic carbocycles.